The predicted molar refractivity (Wildman–Crippen MR) is 92.1 cm³/mol. The van der Waals surface area contributed by atoms with E-state index in [0.717, 1.165) is 34.6 Å². The van der Waals surface area contributed by atoms with Gasteiger partial charge in [0, 0.05) is 31.1 Å². The molecular formula is C15H18N6O2S. The molecule has 0 unspecified atom stereocenters. The Morgan fingerprint density at radius 1 is 1.17 bits per heavy atom. The molecule has 0 bridgehead atoms. The van der Waals surface area contributed by atoms with Gasteiger partial charge >= 0.3 is 0 Å². The number of amides is 2. The van der Waals surface area contributed by atoms with Crippen molar-refractivity contribution in [3.8, 4) is 0 Å². The first-order valence-electron chi connectivity index (χ1n) is 7.57. The number of hydrazone groups is 1. The molecule has 0 radical (unpaired) electrons. The second-order valence-electron chi connectivity index (χ2n) is 5.14. The lowest BCUT2D eigenvalue weighted by Gasteiger charge is -2.29. The smallest absolute Gasteiger partial charge is 0.272 e. The number of benzene rings is 1. The first kappa shape index (κ1) is 16.3. The minimum atomic E-state index is -0.334. The van der Waals surface area contributed by atoms with Crippen LogP contribution in [0.2, 0.25) is 0 Å². The van der Waals surface area contributed by atoms with E-state index in [1.54, 1.807) is 30.3 Å². The molecule has 3 rings (SSSR count). The van der Waals surface area contributed by atoms with Crippen LogP contribution in [0, 0.1) is 0 Å². The number of carbonyl (C=O) groups excluding carboxylic acids is 2. The van der Waals surface area contributed by atoms with Gasteiger partial charge < -0.3 is 4.90 Å². The molecule has 0 aromatic heterocycles. The predicted octanol–water partition coefficient (Wildman–Crippen LogP) is 1.12. The number of hydrogen-bond donors (Lipinski definition) is 2. The molecule has 126 valence electrons. The molecule has 0 saturated carbocycles. The van der Waals surface area contributed by atoms with Crippen molar-refractivity contribution in [2.24, 2.45) is 10.9 Å². The number of nitrogens with two attached hydrogens (primary N) is 1. The van der Waals surface area contributed by atoms with Crippen LogP contribution < -0.4 is 11.3 Å². The highest BCUT2D eigenvalue weighted by Crippen LogP contribution is 2.31. The Morgan fingerprint density at radius 3 is 2.29 bits per heavy atom. The summed E-state index contributed by atoms with van der Waals surface area (Å²) >= 11 is 1.00. The van der Waals surface area contributed by atoms with Crippen molar-refractivity contribution >= 4 is 29.6 Å². The van der Waals surface area contributed by atoms with Gasteiger partial charge in [0.1, 0.15) is 5.03 Å². The molecule has 0 saturated heterocycles. The Bertz CT molecular complexity index is 708. The Labute approximate surface area is 144 Å². The van der Waals surface area contributed by atoms with Crippen molar-refractivity contribution in [1.82, 2.24) is 19.9 Å². The van der Waals surface area contributed by atoms with Crippen LogP contribution in [0.4, 0.5) is 0 Å². The molecule has 2 aliphatic heterocycles. The molecule has 9 heteroatoms. The van der Waals surface area contributed by atoms with Crippen molar-refractivity contribution < 1.29 is 9.59 Å². The van der Waals surface area contributed by atoms with E-state index in [-0.39, 0.29) is 11.8 Å². The van der Waals surface area contributed by atoms with E-state index in [9.17, 15) is 9.59 Å². The van der Waals surface area contributed by atoms with Gasteiger partial charge in [-0.25, -0.2) is 10.1 Å². The second-order valence-corrected chi connectivity index (χ2v) is 6.12. The van der Waals surface area contributed by atoms with E-state index >= 15 is 0 Å². The van der Waals surface area contributed by atoms with Crippen molar-refractivity contribution in [2.75, 3.05) is 13.1 Å². The average molecular weight is 346 g/mol. The third-order valence-corrected chi connectivity index (χ3v) is 4.65. The van der Waals surface area contributed by atoms with E-state index in [2.05, 4.69) is 10.5 Å². The zero-order valence-corrected chi connectivity index (χ0v) is 14.2. The number of nitrogens with one attached hydrogen (secondary N) is 1. The van der Waals surface area contributed by atoms with Gasteiger partial charge in [0.15, 0.2) is 5.84 Å². The minimum Gasteiger partial charge on any atom is -0.356 e. The molecule has 24 heavy (non-hydrogen) atoms. The molecule has 2 heterocycles. The standard InChI is InChI=1S/C15H18N6O2S/c1-3-19(4-2)12-9-13(18-21(16)17-12)24-20-14(22)10-7-5-6-8-11(10)15(20)23/h5-9,18H,3-4,16H2,1-2H3. The largest absolute Gasteiger partial charge is 0.356 e. The highest BCUT2D eigenvalue weighted by molar-refractivity contribution is 8.01. The van der Waals surface area contributed by atoms with Crippen molar-refractivity contribution in [3.63, 3.8) is 0 Å². The number of amidine groups is 1. The summed E-state index contributed by atoms with van der Waals surface area (Å²) in [5, 5.41) is 5.81. The van der Waals surface area contributed by atoms with Crippen LogP contribution in [0.15, 0.2) is 40.5 Å². The number of fused-ring (bicyclic) bond motifs is 1. The van der Waals surface area contributed by atoms with E-state index in [0.29, 0.717) is 22.0 Å². The summed E-state index contributed by atoms with van der Waals surface area (Å²) in [6.07, 6.45) is 1.77. The second kappa shape index (κ2) is 6.54. The number of hydrogen-bond acceptors (Lipinski definition) is 8. The van der Waals surface area contributed by atoms with Crippen LogP contribution in [-0.4, -0.2) is 45.2 Å². The Hall–Kier alpha value is -2.52. The topological polar surface area (TPSA) is 94.3 Å². The summed E-state index contributed by atoms with van der Waals surface area (Å²) < 4.78 is 1.13. The average Bonchev–Trinajstić information content (AvgIpc) is 2.81. The number of rotatable bonds is 4. The highest BCUT2D eigenvalue weighted by Gasteiger charge is 2.37. The monoisotopic (exact) mass is 346 g/mol. The van der Waals surface area contributed by atoms with E-state index in [4.69, 9.17) is 5.84 Å². The van der Waals surface area contributed by atoms with Gasteiger partial charge in [-0.2, -0.15) is 0 Å². The zero-order chi connectivity index (χ0) is 17.3. The molecule has 2 amide bonds. The third kappa shape index (κ3) is 2.83. The molecule has 0 fully saturated rings. The maximum Gasteiger partial charge on any atom is 0.272 e. The normalized spacial score (nSPS) is 16.6. The quantitative estimate of drug-likeness (QED) is 0.479. The minimum absolute atomic E-state index is 0.334. The van der Waals surface area contributed by atoms with Crippen LogP contribution in [0.3, 0.4) is 0 Å². The molecule has 8 nitrogen and oxygen atoms in total. The molecule has 1 aromatic rings. The first-order chi connectivity index (χ1) is 11.5. The third-order valence-electron chi connectivity index (χ3n) is 3.73. The molecule has 2 aliphatic rings. The summed E-state index contributed by atoms with van der Waals surface area (Å²) in [6.45, 7) is 5.56. The van der Waals surface area contributed by atoms with Gasteiger partial charge in [-0.1, -0.05) is 12.1 Å². The molecule has 0 spiro atoms. The van der Waals surface area contributed by atoms with Crippen molar-refractivity contribution in [3.05, 3.63) is 46.5 Å². The fraction of sp³-hybridized carbons (Fsp3) is 0.267. The molecule has 0 aliphatic carbocycles. The molecular weight excluding hydrogens is 328 g/mol. The van der Waals surface area contributed by atoms with Gasteiger partial charge in [-0.3, -0.25) is 15.0 Å². The van der Waals surface area contributed by atoms with Gasteiger partial charge in [-0.15, -0.1) is 10.3 Å². The lowest BCUT2D eigenvalue weighted by Crippen LogP contribution is -2.45. The van der Waals surface area contributed by atoms with Gasteiger partial charge in [0.2, 0.25) is 0 Å². The summed E-state index contributed by atoms with van der Waals surface area (Å²) in [5.74, 6) is 5.75. The van der Waals surface area contributed by atoms with Crippen LogP contribution in [0.5, 0.6) is 0 Å². The number of likely N-dealkylation sites (N-methyl/N-ethyl adjacent to an activating group) is 1. The number of carbonyl (C=O) groups is 2. The Kier molecular flexibility index (Phi) is 4.45. The molecule has 1 aromatic carbocycles. The van der Waals surface area contributed by atoms with E-state index in [1.165, 1.54) is 0 Å². The maximum atomic E-state index is 12.4. The van der Waals surface area contributed by atoms with Gasteiger partial charge in [-0.05, 0) is 26.0 Å². The highest BCUT2D eigenvalue weighted by atomic mass is 32.2. The van der Waals surface area contributed by atoms with Gasteiger partial charge in [0.05, 0.1) is 11.1 Å². The number of nitrogens with zero attached hydrogens (tertiary/aromatic N) is 4. The fourth-order valence-corrected chi connectivity index (χ4v) is 3.38. The van der Waals surface area contributed by atoms with Crippen molar-refractivity contribution in [2.45, 2.75) is 13.8 Å². The number of imide groups is 1. The van der Waals surface area contributed by atoms with E-state index in [1.807, 2.05) is 18.7 Å². The lowest BCUT2D eigenvalue weighted by atomic mass is 10.1. The van der Waals surface area contributed by atoms with Crippen LogP contribution in [0.1, 0.15) is 34.6 Å². The summed E-state index contributed by atoms with van der Waals surface area (Å²) in [4.78, 5) is 26.9. The maximum absolute atomic E-state index is 12.4. The number of hydrazine groups is 2. The summed E-state index contributed by atoms with van der Waals surface area (Å²) in [7, 11) is 0. The zero-order valence-electron chi connectivity index (χ0n) is 13.4. The van der Waals surface area contributed by atoms with Crippen LogP contribution in [-0.2, 0) is 0 Å². The van der Waals surface area contributed by atoms with Crippen molar-refractivity contribution in [1.29, 1.82) is 0 Å². The first-order valence-corrected chi connectivity index (χ1v) is 8.35. The summed E-state index contributed by atoms with van der Waals surface area (Å²) in [6, 6.07) is 6.78. The lowest BCUT2D eigenvalue weighted by molar-refractivity contribution is 0.0777. The SMILES string of the molecule is CCN(CC)C1=NN(N)NC(SN2C(=O)c3ccccc3C2=O)=C1. The van der Waals surface area contributed by atoms with Crippen LogP contribution >= 0.6 is 11.9 Å². The summed E-state index contributed by atoms with van der Waals surface area (Å²) in [5.41, 5.74) is 3.64. The Morgan fingerprint density at radius 2 is 1.75 bits per heavy atom. The van der Waals surface area contributed by atoms with E-state index < -0.39 is 0 Å². The van der Waals surface area contributed by atoms with Crippen LogP contribution in [0.25, 0.3) is 0 Å². The van der Waals surface area contributed by atoms with Gasteiger partial charge in [0.25, 0.3) is 11.8 Å². The molecule has 3 N–H and O–H groups in total. The molecule has 0 atom stereocenters. The fourth-order valence-electron chi connectivity index (χ4n) is 2.52. The Balaban J connectivity index is 1.83.